The molecule has 0 bridgehead atoms. The summed E-state index contributed by atoms with van der Waals surface area (Å²) in [5, 5.41) is 13.8. The van der Waals surface area contributed by atoms with E-state index in [-0.39, 0.29) is 12.5 Å². The first kappa shape index (κ1) is 60.7. The number of hydrogen-bond donors (Lipinski definition) is 2. The molecular weight excluding hydrogens is 804 g/mol. The van der Waals surface area contributed by atoms with Gasteiger partial charge in [0.25, 0.3) is 7.82 Å². The lowest BCUT2D eigenvalue weighted by molar-refractivity contribution is -0.870. The molecule has 0 aliphatic rings. The van der Waals surface area contributed by atoms with Crippen LogP contribution in [0.15, 0.2) is 85.1 Å². The second-order valence-corrected chi connectivity index (χ2v) is 19.5. The number of nitrogens with one attached hydrogen (secondary N) is 1. The van der Waals surface area contributed by atoms with Gasteiger partial charge in [0.05, 0.1) is 39.9 Å². The van der Waals surface area contributed by atoms with Crippen molar-refractivity contribution in [1.82, 2.24) is 5.32 Å². The highest BCUT2D eigenvalue weighted by Crippen LogP contribution is 2.38. The Kier molecular flexibility index (Phi) is 43.2. The third kappa shape index (κ3) is 47.5. The van der Waals surface area contributed by atoms with Crippen LogP contribution in [0.2, 0.25) is 0 Å². The molecule has 0 aromatic carbocycles. The highest BCUT2D eigenvalue weighted by Gasteiger charge is 2.23. The summed E-state index contributed by atoms with van der Waals surface area (Å²) in [6.45, 7) is 4.48. The maximum Gasteiger partial charge on any atom is 0.268 e. The van der Waals surface area contributed by atoms with E-state index in [1.165, 1.54) is 96.3 Å². The van der Waals surface area contributed by atoms with Gasteiger partial charge < -0.3 is 28.8 Å². The number of likely N-dealkylation sites (N-methyl/N-ethyl adjacent to an activating group) is 1. The zero-order chi connectivity index (χ0) is 46.4. The van der Waals surface area contributed by atoms with Crippen LogP contribution in [0.5, 0.6) is 0 Å². The van der Waals surface area contributed by atoms with Crippen molar-refractivity contribution in [3.63, 3.8) is 0 Å². The first-order valence-corrected chi connectivity index (χ1v) is 26.9. The zero-order valence-electron chi connectivity index (χ0n) is 41.2. The first-order chi connectivity index (χ1) is 30.5. The number of aliphatic hydroxyl groups excluding tert-OH is 1. The molecule has 0 aromatic rings. The second kappa shape index (κ2) is 44.9. The monoisotopic (exact) mass is 901 g/mol. The topological polar surface area (TPSA) is 108 Å². The Balaban J connectivity index is 4.44. The van der Waals surface area contributed by atoms with Gasteiger partial charge in [0, 0.05) is 6.42 Å². The SMILES string of the molecule is CC/C=C\C/C=C\C/C=C\C/C=C\CCCCCCC(=O)NC(COP(=O)([O-])OCC[N+](C)(C)C)C(O)/C=C/CC/C=C/CC/C=C/CCCCCCCCCCCCCCCC. The summed E-state index contributed by atoms with van der Waals surface area (Å²) in [5.41, 5.74) is 0. The quantitative estimate of drug-likeness (QED) is 0.0273. The number of quaternary nitrogens is 1. The van der Waals surface area contributed by atoms with Crippen LogP contribution in [0.3, 0.4) is 0 Å². The Bertz CT molecular complexity index is 1300. The molecule has 1 amide bonds. The van der Waals surface area contributed by atoms with Crippen molar-refractivity contribution in [2.45, 2.75) is 212 Å². The number of rotatable bonds is 45. The van der Waals surface area contributed by atoms with Gasteiger partial charge in [-0.1, -0.05) is 195 Å². The molecule has 8 nitrogen and oxygen atoms in total. The van der Waals surface area contributed by atoms with Gasteiger partial charge in [-0.15, -0.1) is 0 Å². The van der Waals surface area contributed by atoms with Crippen LogP contribution in [0, 0.1) is 0 Å². The Hall–Kier alpha value is -2.32. The predicted molar refractivity (Wildman–Crippen MR) is 270 cm³/mol. The average molecular weight is 901 g/mol. The maximum atomic E-state index is 12.9. The number of carbonyl (C=O) groups is 1. The molecule has 0 aliphatic carbocycles. The van der Waals surface area contributed by atoms with Crippen LogP contribution in [-0.4, -0.2) is 68.5 Å². The molecule has 3 atom stereocenters. The van der Waals surface area contributed by atoms with Gasteiger partial charge in [0.2, 0.25) is 5.91 Å². The minimum atomic E-state index is -4.62. The second-order valence-electron chi connectivity index (χ2n) is 18.1. The van der Waals surface area contributed by atoms with Crippen LogP contribution in [0.25, 0.3) is 0 Å². The molecule has 364 valence electrons. The largest absolute Gasteiger partial charge is 0.756 e. The van der Waals surface area contributed by atoms with E-state index in [0.29, 0.717) is 17.4 Å². The number of aliphatic hydroxyl groups is 1. The molecular formula is C54H97N2O6P. The minimum Gasteiger partial charge on any atom is -0.756 e. The van der Waals surface area contributed by atoms with E-state index in [1.54, 1.807) is 6.08 Å². The highest BCUT2D eigenvalue weighted by atomic mass is 31.2. The maximum absolute atomic E-state index is 12.9. The lowest BCUT2D eigenvalue weighted by atomic mass is 10.0. The number of phosphoric acid groups is 1. The Labute approximate surface area is 388 Å². The van der Waals surface area contributed by atoms with E-state index in [0.717, 1.165) is 83.5 Å². The summed E-state index contributed by atoms with van der Waals surface area (Å²) < 4.78 is 23.2. The van der Waals surface area contributed by atoms with Gasteiger partial charge in [-0.3, -0.25) is 9.36 Å². The summed E-state index contributed by atoms with van der Waals surface area (Å²) in [6, 6.07) is -0.928. The van der Waals surface area contributed by atoms with Gasteiger partial charge in [-0.2, -0.15) is 0 Å². The third-order valence-electron chi connectivity index (χ3n) is 10.8. The fourth-order valence-corrected chi connectivity index (χ4v) is 7.54. The molecule has 0 heterocycles. The van der Waals surface area contributed by atoms with Crippen LogP contribution in [0.1, 0.15) is 200 Å². The molecule has 0 rings (SSSR count). The van der Waals surface area contributed by atoms with Crippen molar-refractivity contribution in [3.8, 4) is 0 Å². The molecule has 0 aromatic heterocycles. The summed E-state index contributed by atoms with van der Waals surface area (Å²) in [6.07, 6.45) is 62.2. The van der Waals surface area contributed by atoms with E-state index in [4.69, 9.17) is 9.05 Å². The summed E-state index contributed by atoms with van der Waals surface area (Å²) >= 11 is 0. The minimum absolute atomic E-state index is 0.0185. The van der Waals surface area contributed by atoms with Gasteiger partial charge >= 0.3 is 0 Å². The molecule has 0 aliphatic heterocycles. The standard InChI is InChI=1S/C54H97N2O6P/c1-6-8-10-12-14-16-18-20-22-24-25-26-27-28-29-30-32-33-35-37-39-41-43-45-47-53(57)52(51-62-63(59,60)61-50-49-56(3,4)5)55-54(58)48-46-44-42-40-38-36-34-31-23-21-19-17-15-13-11-9-7-2/h9,11,15,17,21,23,30,32,34,36-37,39,45,47,52-53,57H,6-8,10,12-14,16,18-20,22,24-29,31,33,35,38,40-44,46,48-51H2,1-5H3,(H-,55,58,59,60)/b11-9-,17-15-,23-21-,32-30+,36-34-,39-37+,47-45+. The van der Waals surface area contributed by atoms with Crippen molar-refractivity contribution >= 4 is 13.7 Å². The van der Waals surface area contributed by atoms with Gasteiger partial charge in [0.1, 0.15) is 13.2 Å². The number of amides is 1. The lowest BCUT2D eigenvalue weighted by Crippen LogP contribution is -2.45. The number of carbonyl (C=O) groups excluding carboxylic acids is 1. The average Bonchev–Trinajstić information content (AvgIpc) is 3.24. The van der Waals surface area contributed by atoms with E-state index in [2.05, 4.69) is 92.1 Å². The smallest absolute Gasteiger partial charge is 0.268 e. The van der Waals surface area contributed by atoms with Crippen molar-refractivity contribution in [2.24, 2.45) is 0 Å². The fourth-order valence-electron chi connectivity index (χ4n) is 6.82. The number of phosphoric ester groups is 1. The van der Waals surface area contributed by atoms with Crippen molar-refractivity contribution in [3.05, 3.63) is 85.1 Å². The van der Waals surface area contributed by atoms with E-state index < -0.39 is 26.6 Å². The Morgan fingerprint density at radius 2 is 0.984 bits per heavy atom. The van der Waals surface area contributed by atoms with E-state index in [1.807, 2.05) is 27.2 Å². The van der Waals surface area contributed by atoms with Gasteiger partial charge in [-0.25, -0.2) is 0 Å². The Morgan fingerprint density at radius 1 is 0.571 bits per heavy atom. The summed E-state index contributed by atoms with van der Waals surface area (Å²) in [7, 11) is 1.20. The van der Waals surface area contributed by atoms with E-state index >= 15 is 0 Å². The van der Waals surface area contributed by atoms with E-state index in [9.17, 15) is 19.4 Å². The summed E-state index contributed by atoms with van der Waals surface area (Å²) in [4.78, 5) is 25.4. The molecule has 3 unspecified atom stereocenters. The van der Waals surface area contributed by atoms with Crippen molar-refractivity contribution < 1.29 is 32.9 Å². The Morgan fingerprint density at radius 3 is 1.48 bits per heavy atom. The third-order valence-corrected chi connectivity index (χ3v) is 11.8. The summed E-state index contributed by atoms with van der Waals surface area (Å²) in [5.74, 6) is -0.238. The van der Waals surface area contributed by atoms with Crippen LogP contribution in [0.4, 0.5) is 0 Å². The fraction of sp³-hybridized carbons (Fsp3) is 0.722. The molecule has 2 N–H and O–H groups in total. The number of allylic oxidation sites excluding steroid dienone is 13. The molecule has 63 heavy (non-hydrogen) atoms. The highest BCUT2D eigenvalue weighted by molar-refractivity contribution is 7.45. The zero-order valence-corrected chi connectivity index (χ0v) is 42.1. The van der Waals surface area contributed by atoms with Crippen LogP contribution >= 0.6 is 7.82 Å². The molecule has 9 heteroatoms. The number of unbranched alkanes of at least 4 members (excludes halogenated alkanes) is 20. The predicted octanol–water partition coefficient (Wildman–Crippen LogP) is 14.3. The first-order valence-electron chi connectivity index (χ1n) is 25.4. The molecule has 0 radical (unpaired) electrons. The lowest BCUT2D eigenvalue weighted by Gasteiger charge is -2.29. The molecule has 0 saturated carbocycles. The number of hydrogen-bond acceptors (Lipinski definition) is 6. The van der Waals surface area contributed by atoms with Gasteiger partial charge in [0.15, 0.2) is 0 Å². The van der Waals surface area contributed by atoms with Gasteiger partial charge in [-0.05, 0) is 83.5 Å². The van der Waals surface area contributed by atoms with Crippen molar-refractivity contribution in [2.75, 3.05) is 40.9 Å². The molecule has 0 spiro atoms. The number of nitrogens with zero attached hydrogens (tertiary/aromatic N) is 1. The normalized spacial score (nSPS) is 14.8. The molecule has 0 fully saturated rings. The van der Waals surface area contributed by atoms with Crippen molar-refractivity contribution in [1.29, 1.82) is 0 Å². The molecule has 0 saturated heterocycles. The van der Waals surface area contributed by atoms with Crippen LogP contribution < -0.4 is 10.2 Å². The van der Waals surface area contributed by atoms with Crippen LogP contribution in [-0.2, 0) is 18.4 Å².